The number of aldehydes is 2. The number of methoxy groups -OCH3 is 1. The van der Waals surface area contributed by atoms with Gasteiger partial charge in [-0.15, -0.1) is 0 Å². The van der Waals surface area contributed by atoms with Gasteiger partial charge >= 0.3 is 6.18 Å². The number of alkyl halides is 3. The van der Waals surface area contributed by atoms with Crippen molar-refractivity contribution in [2.75, 3.05) is 19.5 Å². The number of rotatable bonds is 8. The molecule has 0 amide bonds. The van der Waals surface area contributed by atoms with Crippen molar-refractivity contribution in [2.45, 2.75) is 33.1 Å². The first-order valence-corrected chi connectivity index (χ1v) is 11.5. The SMILES string of the molecule is CC=O.CCc1cc(/C=C/C=O)ccc1OC.CNc1ccccc1COc1ccc(C(F)(F)F)cc1. The molecule has 3 rings (SSSR count). The van der Waals surface area contributed by atoms with Gasteiger partial charge in [-0.3, -0.25) is 4.79 Å². The lowest BCUT2D eigenvalue weighted by Gasteiger charge is -2.11. The lowest BCUT2D eigenvalue weighted by atomic mass is 10.1. The van der Waals surface area contributed by atoms with Crippen LogP contribution in [0.2, 0.25) is 0 Å². The van der Waals surface area contributed by atoms with E-state index in [4.69, 9.17) is 14.3 Å². The van der Waals surface area contributed by atoms with Crippen molar-refractivity contribution < 1.29 is 32.2 Å². The third-order valence-corrected chi connectivity index (χ3v) is 4.92. The fraction of sp³-hybridized carbons (Fsp3) is 0.241. The number of allylic oxidation sites excluding steroid dienone is 1. The van der Waals surface area contributed by atoms with Crippen LogP contribution in [0.15, 0.2) is 72.8 Å². The second-order valence-electron chi connectivity index (χ2n) is 7.37. The monoisotopic (exact) mass is 515 g/mol. The second kappa shape index (κ2) is 16.6. The largest absolute Gasteiger partial charge is 0.496 e. The second-order valence-corrected chi connectivity index (χ2v) is 7.37. The Bertz CT molecular complexity index is 1130. The zero-order valence-corrected chi connectivity index (χ0v) is 21.3. The van der Waals surface area contributed by atoms with Crippen molar-refractivity contribution in [3.8, 4) is 11.5 Å². The van der Waals surface area contributed by atoms with Gasteiger partial charge in [0.1, 0.15) is 30.7 Å². The topological polar surface area (TPSA) is 64.6 Å². The van der Waals surface area contributed by atoms with Crippen LogP contribution in [0.1, 0.15) is 36.1 Å². The van der Waals surface area contributed by atoms with Gasteiger partial charge in [0.25, 0.3) is 0 Å². The van der Waals surface area contributed by atoms with E-state index in [0.29, 0.717) is 12.4 Å². The molecule has 0 aliphatic carbocycles. The van der Waals surface area contributed by atoms with Crippen LogP contribution in [-0.2, 0) is 28.8 Å². The van der Waals surface area contributed by atoms with E-state index in [1.807, 2.05) is 42.5 Å². The molecular formula is C29H32F3NO4. The van der Waals surface area contributed by atoms with Crippen LogP contribution in [0.4, 0.5) is 18.9 Å². The average molecular weight is 516 g/mol. The Labute approximate surface area is 215 Å². The molecule has 0 spiro atoms. The molecule has 0 aromatic heterocycles. The molecular weight excluding hydrogens is 483 g/mol. The predicted octanol–water partition coefficient (Wildman–Crippen LogP) is 7.00. The van der Waals surface area contributed by atoms with E-state index < -0.39 is 11.7 Å². The maximum atomic E-state index is 12.4. The van der Waals surface area contributed by atoms with Crippen LogP contribution in [0.5, 0.6) is 11.5 Å². The summed E-state index contributed by atoms with van der Waals surface area (Å²) in [5.74, 6) is 1.31. The van der Waals surface area contributed by atoms with Gasteiger partial charge in [-0.05, 0) is 73.0 Å². The first-order chi connectivity index (χ1) is 17.7. The number of carbonyl (C=O) groups excluding carboxylic acids is 2. The fourth-order valence-corrected chi connectivity index (χ4v) is 3.12. The zero-order chi connectivity index (χ0) is 27.7. The highest BCUT2D eigenvalue weighted by molar-refractivity contribution is 5.74. The zero-order valence-electron chi connectivity index (χ0n) is 21.3. The third-order valence-electron chi connectivity index (χ3n) is 4.92. The first-order valence-electron chi connectivity index (χ1n) is 11.5. The number of ether oxygens (including phenoxy) is 2. The predicted molar refractivity (Wildman–Crippen MR) is 141 cm³/mol. The number of carbonyl (C=O) groups is 2. The minimum absolute atomic E-state index is 0.294. The van der Waals surface area contributed by atoms with Gasteiger partial charge in [0, 0.05) is 18.3 Å². The van der Waals surface area contributed by atoms with Crippen LogP contribution in [0.3, 0.4) is 0 Å². The number of benzene rings is 3. The van der Waals surface area contributed by atoms with Crippen molar-refractivity contribution in [3.63, 3.8) is 0 Å². The highest BCUT2D eigenvalue weighted by Gasteiger charge is 2.30. The smallest absolute Gasteiger partial charge is 0.416 e. The molecule has 0 saturated heterocycles. The summed E-state index contributed by atoms with van der Waals surface area (Å²) in [5, 5.41) is 3.03. The molecule has 1 N–H and O–H groups in total. The van der Waals surface area contributed by atoms with Crippen molar-refractivity contribution in [3.05, 3.63) is 95.1 Å². The summed E-state index contributed by atoms with van der Waals surface area (Å²) < 4.78 is 48.0. The average Bonchev–Trinajstić information content (AvgIpc) is 2.91. The molecule has 5 nitrogen and oxygen atoms in total. The van der Waals surface area contributed by atoms with Crippen molar-refractivity contribution in [1.82, 2.24) is 0 Å². The standard InChI is InChI=1S/C15H14F3NO.C12H14O2.C2H4O/c1-19-14-5-3-2-4-11(14)10-20-13-8-6-12(7-9-13)15(16,17)18;1-3-11-9-10(5-4-8-13)6-7-12(11)14-2;1-2-3/h2-9,19H,10H2,1H3;4-9H,3H2,1-2H3;2H,1H3/b;5-4+;. The molecule has 0 atom stereocenters. The van der Waals surface area contributed by atoms with E-state index in [1.165, 1.54) is 25.1 Å². The van der Waals surface area contributed by atoms with Gasteiger partial charge in [-0.2, -0.15) is 13.2 Å². The highest BCUT2D eigenvalue weighted by Crippen LogP contribution is 2.30. The molecule has 0 radical (unpaired) electrons. The van der Waals surface area contributed by atoms with Crippen LogP contribution < -0.4 is 14.8 Å². The molecule has 3 aromatic rings. The molecule has 3 aromatic carbocycles. The number of aryl methyl sites for hydroxylation is 1. The van der Waals surface area contributed by atoms with Crippen molar-refractivity contribution in [2.24, 2.45) is 0 Å². The van der Waals surface area contributed by atoms with Crippen molar-refractivity contribution >= 4 is 24.3 Å². The number of hydrogen-bond acceptors (Lipinski definition) is 5. The summed E-state index contributed by atoms with van der Waals surface area (Å²) in [6.45, 7) is 3.81. The van der Waals surface area contributed by atoms with Gasteiger partial charge in [0.2, 0.25) is 0 Å². The Morgan fingerprint density at radius 1 is 0.946 bits per heavy atom. The summed E-state index contributed by atoms with van der Waals surface area (Å²) in [7, 11) is 3.46. The summed E-state index contributed by atoms with van der Waals surface area (Å²) in [6, 6.07) is 18.1. The first kappa shape index (κ1) is 31.0. The van der Waals surface area contributed by atoms with E-state index in [9.17, 15) is 18.0 Å². The Balaban J connectivity index is 0.000000352. The van der Waals surface area contributed by atoms with E-state index in [2.05, 4.69) is 12.2 Å². The highest BCUT2D eigenvalue weighted by atomic mass is 19.4. The van der Waals surface area contributed by atoms with Gasteiger partial charge in [0.15, 0.2) is 0 Å². The third kappa shape index (κ3) is 11.0. The molecule has 0 heterocycles. The van der Waals surface area contributed by atoms with Crippen LogP contribution in [0, 0.1) is 0 Å². The molecule has 0 saturated carbocycles. The normalized spacial score (nSPS) is 10.4. The number of hydrogen-bond donors (Lipinski definition) is 1. The maximum absolute atomic E-state index is 12.4. The van der Waals surface area contributed by atoms with Gasteiger partial charge < -0.3 is 19.6 Å². The van der Waals surface area contributed by atoms with E-state index >= 15 is 0 Å². The fourth-order valence-electron chi connectivity index (χ4n) is 3.12. The van der Waals surface area contributed by atoms with E-state index in [1.54, 1.807) is 20.2 Å². The lowest BCUT2D eigenvalue weighted by molar-refractivity contribution is -0.137. The number of nitrogens with one attached hydrogen (secondary N) is 1. The van der Waals surface area contributed by atoms with Gasteiger partial charge in [-0.25, -0.2) is 0 Å². The summed E-state index contributed by atoms with van der Waals surface area (Å²) >= 11 is 0. The van der Waals surface area contributed by atoms with Crippen LogP contribution in [-0.4, -0.2) is 26.7 Å². The van der Waals surface area contributed by atoms with E-state index in [-0.39, 0.29) is 0 Å². The summed E-state index contributed by atoms with van der Waals surface area (Å²) in [4.78, 5) is 18.9. The molecule has 0 aliphatic heterocycles. The van der Waals surface area contributed by atoms with Crippen LogP contribution in [0.25, 0.3) is 6.08 Å². The maximum Gasteiger partial charge on any atom is 0.416 e. The van der Waals surface area contributed by atoms with E-state index in [0.717, 1.165) is 59.3 Å². The quantitative estimate of drug-likeness (QED) is 0.258. The molecule has 0 unspecified atom stereocenters. The van der Waals surface area contributed by atoms with Gasteiger partial charge in [0.05, 0.1) is 12.7 Å². The molecule has 0 aliphatic rings. The number of halogens is 3. The molecule has 37 heavy (non-hydrogen) atoms. The Hall–Kier alpha value is -4.07. The van der Waals surface area contributed by atoms with Crippen molar-refractivity contribution in [1.29, 1.82) is 0 Å². The minimum Gasteiger partial charge on any atom is -0.496 e. The molecule has 198 valence electrons. The van der Waals surface area contributed by atoms with Gasteiger partial charge in [-0.1, -0.05) is 37.3 Å². The molecule has 0 bridgehead atoms. The Morgan fingerprint density at radius 2 is 1.59 bits per heavy atom. The summed E-state index contributed by atoms with van der Waals surface area (Å²) in [5.41, 5.74) is 3.37. The lowest BCUT2D eigenvalue weighted by Crippen LogP contribution is -2.04. The Kier molecular flexibility index (Phi) is 13.9. The Morgan fingerprint density at radius 3 is 2.14 bits per heavy atom. The molecule has 8 heteroatoms. The van der Waals surface area contributed by atoms with Crippen LogP contribution >= 0.6 is 0 Å². The number of anilines is 1. The number of para-hydroxylation sites is 1. The molecule has 0 fully saturated rings. The summed E-state index contributed by atoms with van der Waals surface area (Å²) in [6.07, 6.45) is 1.39. The minimum atomic E-state index is -4.32.